The number of rotatable bonds is 2. The monoisotopic (exact) mass is 251 g/mol. The molecule has 1 aliphatic carbocycles. The number of nitrogens with one attached hydrogen (secondary N) is 1. The van der Waals surface area contributed by atoms with Crippen LogP contribution in [0.3, 0.4) is 0 Å². The second kappa shape index (κ2) is 2.56. The first kappa shape index (κ1) is 6.19. The van der Waals surface area contributed by atoms with Gasteiger partial charge in [-0.05, 0) is 0 Å². The topological polar surface area (TPSA) is 23.8 Å². The Balaban J connectivity index is 2.08. The van der Waals surface area contributed by atoms with Gasteiger partial charge in [0, 0.05) is 0 Å². The summed E-state index contributed by atoms with van der Waals surface area (Å²) in [7, 11) is 0. The third kappa shape index (κ3) is 2.79. The van der Waals surface area contributed by atoms with Gasteiger partial charge in [0.05, 0.1) is 0 Å². The number of hydrogen-bond donors (Lipinski definition) is 0. The third-order valence-electron chi connectivity index (χ3n) is 1.14. The molecule has 1 N–H and O–H groups in total. The first-order chi connectivity index (χ1) is 3.29. The maximum atomic E-state index is 7.02. The molecular formula is C5H8NTm-. The fraction of sp³-hybridized carbons (Fsp3) is 0.800. The minimum absolute atomic E-state index is 0.738. The molecule has 0 bridgehead atoms. The molecule has 0 atom stereocenters. The fourth-order valence-electron chi connectivity index (χ4n) is 0.546. The van der Waals surface area contributed by atoms with Crippen LogP contribution >= 0.6 is 0 Å². The van der Waals surface area contributed by atoms with E-state index in [9.17, 15) is 0 Å². The summed E-state index contributed by atoms with van der Waals surface area (Å²) in [6, 6.07) is 0. The van der Waals surface area contributed by atoms with E-state index in [1.165, 1.54) is 12.8 Å². The summed E-state index contributed by atoms with van der Waals surface area (Å²) in [5.74, 6) is 0.873. The minimum atomic E-state index is 0.738. The zero-order valence-corrected chi connectivity index (χ0v) is 5.76. The van der Waals surface area contributed by atoms with E-state index in [1.807, 2.05) is 0 Å². The van der Waals surface area contributed by atoms with Gasteiger partial charge in [-0.3, -0.25) is 0 Å². The summed E-state index contributed by atoms with van der Waals surface area (Å²) < 4.78 is 0.738. The SMILES string of the molecule is [NH-][C](=[Tm])CC1CC1. The summed E-state index contributed by atoms with van der Waals surface area (Å²) in [6.07, 6.45) is 3.71. The molecule has 0 heterocycles. The summed E-state index contributed by atoms with van der Waals surface area (Å²) in [4.78, 5) is 0. The van der Waals surface area contributed by atoms with Gasteiger partial charge in [-0.15, -0.1) is 0 Å². The van der Waals surface area contributed by atoms with Crippen LogP contribution < -0.4 is 0 Å². The molecule has 0 aromatic carbocycles. The van der Waals surface area contributed by atoms with Crippen molar-refractivity contribution in [1.82, 2.24) is 0 Å². The molecule has 0 aromatic rings. The summed E-state index contributed by atoms with van der Waals surface area (Å²) in [5.41, 5.74) is 7.02. The molecular weight excluding hydrogens is 243 g/mol. The summed E-state index contributed by atoms with van der Waals surface area (Å²) in [5, 5.41) is 0. The van der Waals surface area contributed by atoms with E-state index < -0.39 is 0 Å². The van der Waals surface area contributed by atoms with Crippen LogP contribution in [0.2, 0.25) is 0 Å². The molecule has 1 rings (SSSR count). The van der Waals surface area contributed by atoms with Crippen LogP contribution in [-0.2, 0) is 0 Å². The predicted octanol–water partition coefficient (Wildman–Crippen LogP) is 1.52. The van der Waals surface area contributed by atoms with E-state index in [1.54, 1.807) is 0 Å². The van der Waals surface area contributed by atoms with Crippen molar-refractivity contribution in [2.45, 2.75) is 19.3 Å². The normalized spacial score (nSPS) is 19.9. The van der Waals surface area contributed by atoms with Crippen LogP contribution in [0.25, 0.3) is 5.73 Å². The average molecular weight is 251 g/mol. The Morgan fingerprint density at radius 1 is 1.71 bits per heavy atom. The van der Waals surface area contributed by atoms with Gasteiger partial charge >= 0.3 is 67.2 Å². The Morgan fingerprint density at radius 2 is 2.29 bits per heavy atom. The summed E-state index contributed by atoms with van der Waals surface area (Å²) in [6.45, 7) is 0. The Bertz CT molecular complexity index is 86.1. The Kier molecular flexibility index (Phi) is 2.27. The van der Waals surface area contributed by atoms with Crippen LogP contribution in [0, 0.1) is 40.4 Å². The van der Waals surface area contributed by atoms with Crippen LogP contribution in [0.4, 0.5) is 0 Å². The molecule has 0 saturated heterocycles. The van der Waals surface area contributed by atoms with Gasteiger partial charge in [-0.25, -0.2) is 0 Å². The standard InChI is InChI=1S/C5H8N.Tm/c6-4-3-5-1-2-5;/h5-6H,1-3H2;/q-1;. The second-order valence-corrected chi connectivity index (χ2v) is 3.07. The first-order valence-corrected chi connectivity index (χ1v) is 3.36. The molecule has 0 unspecified atom stereocenters. The van der Waals surface area contributed by atoms with Crippen molar-refractivity contribution >= 4 is 1.83 Å². The van der Waals surface area contributed by atoms with Crippen LogP contribution in [0.5, 0.6) is 0 Å². The molecule has 0 spiro atoms. The molecule has 1 nitrogen and oxygen atoms in total. The van der Waals surface area contributed by atoms with E-state index in [-0.39, 0.29) is 0 Å². The molecule has 1 saturated carbocycles. The zero-order chi connectivity index (χ0) is 5.28. The van der Waals surface area contributed by atoms with E-state index in [2.05, 4.69) is 34.4 Å². The molecule has 7 heavy (non-hydrogen) atoms. The molecule has 0 radical (unpaired) electrons. The van der Waals surface area contributed by atoms with Crippen molar-refractivity contribution in [3.63, 3.8) is 0 Å². The van der Waals surface area contributed by atoms with Crippen LogP contribution in [-0.4, -0.2) is 1.83 Å². The molecule has 1 fully saturated rings. The predicted molar refractivity (Wildman–Crippen MR) is 26.7 cm³/mol. The van der Waals surface area contributed by atoms with Crippen molar-refractivity contribution < 1.29 is 34.4 Å². The van der Waals surface area contributed by atoms with Crippen molar-refractivity contribution in [1.29, 1.82) is 0 Å². The molecule has 0 aromatic heterocycles. The van der Waals surface area contributed by atoms with Gasteiger partial charge in [0.2, 0.25) is 0 Å². The fourth-order valence-corrected chi connectivity index (χ4v) is 1.06. The van der Waals surface area contributed by atoms with Crippen LogP contribution in [0.1, 0.15) is 19.3 Å². The van der Waals surface area contributed by atoms with Crippen LogP contribution in [0.15, 0.2) is 0 Å². The van der Waals surface area contributed by atoms with E-state index >= 15 is 0 Å². The van der Waals surface area contributed by atoms with Gasteiger partial charge in [0.15, 0.2) is 0 Å². The van der Waals surface area contributed by atoms with E-state index in [4.69, 9.17) is 5.73 Å². The zero-order valence-electron chi connectivity index (χ0n) is 3.98. The van der Waals surface area contributed by atoms with E-state index in [0.717, 1.165) is 14.2 Å². The Morgan fingerprint density at radius 3 is 2.43 bits per heavy atom. The molecule has 2 heteroatoms. The van der Waals surface area contributed by atoms with Crippen molar-refractivity contribution in [2.75, 3.05) is 0 Å². The molecule has 0 aliphatic heterocycles. The first-order valence-electron chi connectivity index (χ1n) is 2.47. The van der Waals surface area contributed by atoms with Gasteiger partial charge < -0.3 is 0 Å². The average Bonchev–Trinajstić information content (AvgIpc) is 2.17. The van der Waals surface area contributed by atoms with Gasteiger partial charge in [0.25, 0.3) is 0 Å². The quantitative estimate of drug-likeness (QED) is 0.710. The van der Waals surface area contributed by atoms with Gasteiger partial charge in [-0.1, -0.05) is 0 Å². The van der Waals surface area contributed by atoms with Crippen molar-refractivity contribution in [3.8, 4) is 0 Å². The van der Waals surface area contributed by atoms with Gasteiger partial charge in [0.1, 0.15) is 0 Å². The Hall–Kier alpha value is 1.06. The van der Waals surface area contributed by atoms with E-state index in [0.29, 0.717) is 0 Å². The van der Waals surface area contributed by atoms with Crippen molar-refractivity contribution in [3.05, 3.63) is 5.73 Å². The summed E-state index contributed by atoms with van der Waals surface area (Å²) >= 11 is 2.60. The molecule has 47 valence electrons. The second-order valence-electron chi connectivity index (χ2n) is 1.99. The van der Waals surface area contributed by atoms with Crippen molar-refractivity contribution in [2.24, 2.45) is 5.92 Å². The maximum absolute atomic E-state index is 7.02. The number of hydrogen-bond acceptors (Lipinski definition) is 0. The molecule has 0 amide bonds. The van der Waals surface area contributed by atoms with Gasteiger partial charge in [-0.2, -0.15) is 0 Å². The Labute approximate surface area is 66.7 Å². The third-order valence-corrected chi connectivity index (χ3v) is 1.51. The molecule has 1 aliphatic rings.